The van der Waals surface area contributed by atoms with Gasteiger partial charge in [0.05, 0.1) is 0 Å². The molecule has 0 fully saturated rings. The summed E-state index contributed by atoms with van der Waals surface area (Å²) in [6.45, 7) is 0.706. The number of anilines is 1. The smallest absolute Gasteiger partial charge is 0.319 e. The van der Waals surface area contributed by atoms with E-state index in [9.17, 15) is 9.59 Å². The van der Waals surface area contributed by atoms with Crippen molar-refractivity contribution in [3.05, 3.63) is 30.3 Å². The van der Waals surface area contributed by atoms with Gasteiger partial charge in [0.15, 0.2) is 0 Å². The predicted octanol–water partition coefficient (Wildman–Crippen LogP) is 5.92. The number of benzene rings is 1. The van der Waals surface area contributed by atoms with Gasteiger partial charge in [-0.25, -0.2) is 4.79 Å². The van der Waals surface area contributed by atoms with E-state index in [2.05, 4.69) is 10.6 Å². The van der Waals surface area contributed by atoms with Crippen LogP contribution in [0.4, 0.5) is 10.5 Å². The Labute approximate surface area is 174 Å². The van der Waals surface area contributed by atoms with Crippen LogP contribution in [0, 0.1) is 0 Å². The maximum Gasteiger partial charge on any atom is 0.319 e. The van der Waals surface area contributed by atoms with Gasteiger partial charge in [0, 0.05) is 18.7 Å². The number of hydrogen-bond donors (Lipinski definition) is 3. The molecule has 5 nitrogen and oxygen atoms in total. The number of rotatable bonds is 17. The lowest BCUT2D eigenvalue weighted by atomic mass is 10.1. The monoisotopic (exact) mass is 408 g/mol. The van der Waals surface area contributed by atoms with Gasteiger partial charge in [0.2, 0.25) is 0 Å². The molecule has 0 heterocycles. The molecule has 0 radical (unpaired) electrons. The van der Waals surface area contributed by atoms with Crippen molar-refractivity contribution in [1.82, 2.24) is 5.32 Å². The van der Waals surface area contributed by atoms with Crippen molar-refractivity contribution >= 4 is 29.4 Å². The molecule has 0 aliphatic heterocycles. The summed E-state index contributed by atoms with van der Waals surface area (Å²) in [5, 5.41) is 14.3. The lowest BCUT2D eigenvalue weighted by molar-refractivity contribution is -0.137. The molecule has 0 bridgehead atoms. The summed E-state index contributed by atoms with van der Waals surface area (Å²) < 4.78 is 0. The number of aliphatic carboxylic acids is 1. The van der Waals surface area contributed by atoms with Crippen LogP contribution in [0.3, 0.4) is 0 Å². The van der Waals surface area contributed by atoms with Gasteiger partial charge in [-0.1, -0.05) is 63.1 Å². The number of unbranched alkanes of at least 4 members (excludes halogenated alkanes) is 8. The Morgan fingerprint density at radius 2 is 1.36 bits per heavy atom. The predicted molar refractivity (Wildman–Crippen MR) is 119 cm³/mol. The van der Waals surface area contributed by atoms with E-state index in [4.69, 9.17) is 5.11 Å². The molecule has 0 aliphatic carbocycles. The van der Waals surface area contributed by atoms with Crippen LogP contribution in [-0.2, 0) is 4.79 Å². The quantitative estimate of drug-likeness (QED) is 0.280. The minimum Gasteiger partial charge on any atom is -0.481 e. The van der Waals surface area contributed by atoms with Gasteiger partial charge >= 0.3 is 12.0 Å². The molecule has 0 spiro atoms. The number of nitrogens with one attached hydrogen (secondary N) is 2. The summed E-state index contributed by atoms with van der Waals surface area (Å²) >= 11 is 1.97. The number of amides is 2. The van der Waals surface area contributed by atoms with E-state index in [1.807, 2.05) is 42.1 Å². The number of hydrogen-bond acceptors (Lipinski definition) is 3. The summed E-state index contributed by atoms with van der Waals surface area (Å²) in [6.07, 6.45) is 12.0. The maximum absolute atomic E-state index is 11.7. The highest BCUT2D eigenvalue weighted by Crippen LogP contribution is 2.13. The van der Waals surface area contributed by atoms with Gasteiger partial charge in [-0.3, -0.25) is 4.79 Å². The molecule has 0 aromatic heterocycles. The van der Waals surface area contributed by atoms with Crippen LogP contribution in [0.1, 0.15) is 70.6 Å². The first-order chi connectivity index (χ1) is 13.7. The van der Waals surface area contributed by atoms with Gasteiger partial charge < -0.3 is 15.7 Å². The van der Waals surface area contributed by atoms with Crippen LogP contribution in [0.15, 0.2) is 30.3 Å². The Balaban J connectivity index is 1.76. The van der Waals surface area contributed by atoms with Crippen molar-refractivity contribution in [3.63, 3.8) is 0 Å². The fourth-order valence-electron chi connectivity index (χ4n) is 2.89. The summed E-state index contributed by atoms with van der Waals surface area (Å²) in [4.78, 5) is 22.1. The van der Waals surface area contributed by atoms with Crippen molar-refractivity contribution in [2.24, 2.45) is 0 Å². The molecule has 158 valence electrons. The second-order valence-electron chi connectivity index (χ2n) is 7.04. The van der Waals surface area contributed by atoms with E-state index in [1.54, 1.807) is 0 Å². The first-order valence-electron chi connectivity index (χ1n) is 10.6. The molecule has 0 saturated carbocycles. The van der Waals surface area contributed by atoms with E-state index >= 15 is 0 Å². The number of carbonyl (C=O) groups excluding carboxylic acids is 1. The molecule has 2 amide bonds. The summed E-state index contributed by atoms with van der Waals surface area (Å²) in [5.41, 5.74) is 0.813. The number of carboxylic acid groups (broad SMARTS) is 1. The zero-order chi connectivity index (χ0) is 20.3. The largest absolute Gasteiger partial charge is 0.481 e. The third-order valence-corrected chi connectivity index (χ3v) is 5.62. The van der Waals surface area contributed by atoms with Crippen LogP contribution in [0.5, 0.6) is 0 Å². The molecule has 28 heavy (non-hydrogen) atoms. The molecule has 1 rings (SSSR count). The molecule has 0 aliphatic rings. The Kier molecular flexibility index (Phi) is 15.1. The van der Waals surface area contributed by atoms with Crippen molar-refractivity contribution in [3.8, 4) is 0 Å². The fraction of sp³-hybridized carbons (Fsp3) is 0.636. The number of thioether (sulfide) groups is 1. The highest BCUT2D eigenvalue weighted by atomic mass is 32.2. The Bertz CT molecular complexity index is 526. The van der Waals surface area contributed by atoms with E-state index in [1.165, 1.54) is 50.7 Å². The molecule has 0 saturated heterocycles. The average Bonchev–Trinajstić information content (AvgIpc) is 2.68. The Morgan fingerprint density at radius 3 is 2.00 bits per heavy atom. The number of urea groups is 1. The fourth-order valence-corrected chi connectivity index (χ4v) is 3.85. The minimum absolute atomic E-state index is 0.141. The molecule has 6 heteroatoms. The molecular weight excluding hydrogens is 372 g/mol. The van der Waals surface area contributed by atoms with Gasteiger partial charge in [-0.2, -0.15) is 11.8 Å². The second kappa shape index (κ2) is 17.4. The van der Waals surface area contributed by atoms with Gasteiger partial charge in [0.1, 0.15) is 0 Å². The summed E-state index contributed by atoms with van der Waals surface area (Å²) in [6, 6.07) is 9.33. The zero-order valence-corrected chi connectivity index (χ0v) is 17.8. The van der Waals surface area contributed by atoms with E-state index in [-0.39, 0.29) is 6.03 Å². The molecule has 1 aromatic rings. The summed E-state index contributed by atoms with van der Waals surface area (Å²) in [7, 11) is 0. The lowest BCUT2D eigenvalue weighted by Crippen LogP contribution is -2.29. The van der Waals surface area contributed by atoms with Crippen LogP contribution in [-0.4, -0.2) is 35.2 Å². The van der Waals surface area contributed by atoms with Crippen LogP contribution >= 0.6 is 11.8 Å². The Hall–Kier alpha value is -1.69. The first kappa shape index (κ1) is 24.3. The normalized spacial score (nSPS) is 10.6. The third-order valence-electron chi connectivity index (χ3n) is 4.46. The van der Waals surface area contributed by atoms with Crippen LogP contribution < -0.4 is 10.6 Å². The third kappa shape index (κ3) is 15.4. The van der Waals surface area contributed by atoms with Crippen molar-refractivity contribution < 1.29 is 14.7 Å². The van der Waals surface area contributed by atoms with Crippen LogP contribution in [0.25, 0.3) is 0 Å². The Morgan fingerprint density at radius 1 is 0.786 bits per heavy atom. The highest BCUT2D eigenvalue weighted by Gasteiger charge is 2.00. The molecule has 0 atom stereocenters. The first-order valence-corrected chi connectivity index (χ1v) is 11.7. The summed E-state index contributed by atoms with van der Waals surface area (Å²) in [5.74, 6) is 1.61. The van der Waals surface area contributed by atoms with Crippen molar-refractivity contribution in [1.29, 1.82) is 0 Å². The standard InChI is InChI=1S/C22H36N2O3S/c25-21(26)16-11-6-4-2-1-3-5-7-12-18-28-19-13-17-23-22(27)24-20-14-9-8-10-15-20/h8-10,14-15H,1-7,11-13,16-19H2,(H,25,26)(H2,23,24,27). The number of para-hydroxylation sites is 1. The SMILES string of the molecule is O=C(O)CCCCCCCCCCCSCCCNC(=O)Nc1ccccc1. The van der Waals surface area contributed by atoms with Gasteiger partial charge in [-0.05, 0) is 42.9 Å². The van der Waals surface area contributed by atoms with Crippen LogP contribution in [0.2, 0.25) is 0 Å². The average molecular weight is 409 g/mol. The molecule has 3 N–H and O–H groups in total. The topological polar surface area (TPSA) is 78.4 Å². The van der Waals surface area contributed by atoms with Crippen molar-refractivity contribution in [2.75, 3.05) is 23.4 Å². The highest BCUT2D eigenvalue weighted by molar-refractivity contribution is 7.99. The maximum atomic E-state index is 11.7. The molecule has 1 aromatic carbocycles. The van der Waals surface area contributed by atoms with Gasteiger partial charge in [-0.15, -0.1) is 0 Å². The van der Waals surface area contributed by atoms with Crippen molar-refractivity contribution in [2.45, 2.75) is 70.6 Å². The van der Waals surface area contributed by atoms with E-state index in [0.717, 1.165) is 30.7 Å². The molecule has 0 unspecified atom stereocenters. The van der Waals surface area contributed by atoms with E-state index < -0.39 is 5.97 Å². The zero-order valence-electron chi connectivity index (χ0n) is 17.0. The van der Waals surface area contributed by atoms with Gasteiger partial charge in [0.25, 0.3) is 0 Å². The second-order valence-corrected chi connectivity index (χ2v) is 8.26. The molecular formula is C22H36N2O3S. The number of carbonyl (C=O) groups is 2. The lowest BCUT2D eigenvalue weighted by Gasteiger charge is -2.07. The van der Waals surface area contributed by atoms with E-state index in [0.29, 0.717) is 13.0 Å². The number of carboxylic acids is 1. The minimum atomic E-state index is -0.678.